The second-order valence-electron chi connectivity index (χ2n) is 9.13. The lowest BCUT2D eigenvalue weighted by molar-refractivity contribution is -0.160. The van der Waals surface area contributed by atoms with Crippen molar-refractivity contribution in [1.29, 1.82) is 0 Å². The van der Waals surface area contributed by atoms with Gasteiger partial charge in [0.25, 0.3) is 5.91 Å². The molecule has 1 heterocycles. The molecule has 5 N–H and O–H groups in total. The summed E-state index contributed by atoms with van der Waals surface area (Å²) in [5.74, 6) is -0.370. The van der Waals surface area contributed by atoms with Gasteiger partial charge in [0, 0.05) is 37.7 Å². The molecule has 2 amide bonds. The number of aliphatic hydroxyl groups is 1. The van der Waals surface area contributed by atoms with Gasteiger partial charge < -0.3 is 26.4 Å². The van der Waals surface area contributed by atoms with Crippen molar-refractivity contribution in [3.63, 3.8) is 0 Å². The number of guanidine groups is 1. The first-order valence-electron chi connectivity index (χ1n) is 11.9. The summed E-state index contributed by atoms with van der Waals surface area (Å²) in [6.45, 7) is 2.35. The van der Waals surface area contributed by atoms with Gasteiger partial charge in [0.1, 0.15) is 0 Å². The van der Waals surface area contributed by atoms with Crippen molar-refractivity contribution in [3.05, 3.63) is 71.3 Å². The average Bonchev–Trinajstić information content (AvgIpc) is 3.43. The van der Waals surface area contributed by atoms with Crippen LogP contribution in [0.4, 0.5) is 0 Å². The number of amides is 2. The number of nitrogens with zero attached hydrogens (tertiary/aromatic N) is 3. The third-order valence-electron chi connectivity index (χ3n) is 7.01. The molecule has 1 aliphatic carbocycles. The van der Waals surface area contributed by atoms with Crippen LogP contribution in [0.25, 0.3) is 0 Å². The molecule has 1 atom stereocenters. The summed E-state index contributed by atoms with van der Waals surface area (Å²) >= 11 is 0. The lowest BCUT2D eigenvalue weighted by Crippen LogP contribution is -2.58. The Hall–Kier alpha value is -3.39. The lowest BCUT2D eigenvalue weighted by atomic mass is 9.79. The maximum atomic E-state index is 13.6. The average molecular weight is 464 g/mol. The maximum absolute atomic E-state index is 13.6. The van der Waals surface area contributed by atoms with Crippen LogP contribution < -0.4 is 11.5 Å². The number of nitrogens with two attached hydrogens (primary N) is 2. The van der Waals surface area contributed by atoms with E-state index in [0.717, 1.165) is 31.2 Å². The van der Waals surface area contributed by atoms with E-state index in [1.807, 2.05) is 41.3 Å². The van der Waals surface area contributed by atoms with Gasteiger partial charge in [-0.25, -0.2) is 4.99 Å². The van der Waals surface area contributed by atoms with E-state index in [4.69, 9.17) is 11.5 Å². The van der Waals surface area contributed by atoms with Gasteiger partial charge in [0.05, 0.1) is 6.54 Å². The molecule has 0 spiro atoms. The summed E-state index contributed by atoms with van der Waals surface area (Å²) in [4.78, 5) is 33.2. The molecule has 180 valence electrons. The molecule has 4 rings (SSSR count). The molecule has 1 saturated carbocycles. The van der Waals surface area contributed by atoms with Gasteiger partial charge >= 0.3 is 0 Å². The minimum atomic E-state index is -1.50. The smallest absolute Gasteiger partial charge is 0.259 e. The molecule has 2 aromatic carbocycles. The van der Waals surface area contributed by atoms with Crippen LogP contribution in [0.15, 0.2) is 59.6 Å². The van der Waals surface area contributed by atoms with Crippen molar-refractivity contribution in [2.24, 2.45) is 22.4 Å². The van der Waals surface area contributed by atoms with E-state index in [2.05, 4.69) is 4.99 Å². The fourth-order valence-corrected chi connectivity index (χ4v) is 5.04. The lowest BCUT2D eigenvalue weighted by Gasteiger charge is -2.41. The largest absolute Gasteiger partial charge is 0.375 e. The Morgan fingerprint density at radius 1 is 0.941 bits per heavy atom. The number of carbonyl (C=O) groups is 2. The SMILES string of the molecule is NC(=O)c1cccc(CN=C(N)N2CCN(C(=O)[C@](O)(c3ccccc3)C3CCCC3)CC2)c1. The first-order valence-corrected chi connectivity index (χ1v) is 11.9. The third kappa shape index (κ3) is 4.92. The van der Waals surface area contributed by atoms with Crippen LogP contribution in [0.3, 0.4) is 0 Å². The number of carbonyl (C=O) groups excluding carboxylic acids is 2. The van der Waals surface area contributed by atoms with Crippen molar-refractivity contribution in [1.82, 2.24) is 9.80 Å². The number of aliphatic imine (C=N–C) groups is 1. The van der Waals surface area contributed by atoms with Gasteiger partial charge in [-0.15, -0.1) is 0 Å². The topological polar surface area (TPSA) is 125 Å². The normalized spacial score (nSPS) is 19.1. The maximum Gasteiger partial charge on any atom is 0.259 e. The fraction of sp³-hybridized carbons (Fsp3) is 0.423. The predicted molar refractivity (Wildman–Crippen MR) is 131 cm³/mol. The number of primary amides is 1. The molecule has 2 aliphatic rings. The van der Waals surface area contributed by atoms with Crippen LogP contribution in [0.1, 0.15) is 47.2 Å². The van der Waals surface area contributed by atoms with E-state index in [1.54, 1.807) is 23.1 Å². The molecular formula is C26H33N5O3. The molecule has 1 aliphatic heterocycles. The highest BCUT2D eigenvalue weighted by molar-refractivity contribution is 5.93. The van der Waals surface area contributed by atoms with Gasteiger partial charge in [0.2, 0.25) is 5.91 Å². The number of hydrogen-bond donors (Lipinski definition) is 3. The minimum Gasteiger partial charge on any atom is -0.375 e. The van der Waals surface area contributed by atoms with Crippen LogP contribution in [0.2, 0.25) is 0 Å². The third-order valence-corrected chi connectivity index (χ3v) is 7.01. The van der Waals surface area contributed by atoms with Crippen molar-refractivity contribution in [3.8, 4) is 0 Å². The second kappa shape index (κ2) is 10.3. The van der Waals surface area contributed by atoms with Crippen molar-refractivity contribution in [2.45, 2.75) is 37.8 Å². The number of piperazine rings is 1. The molecule has 34 heavy (non-hydrogen) atoms. The summed E-state index contributed by atoms with van der Waals surface area (Å²) in [6, 6.07) is 16.4. The fourth-order valence-electron chi connectivity index (χ4n) is 5.04. The molecule has 0 bridgehead atoms. The second-order valence-corrected chi connectivity index (χ2v) is 9.13. The Kier molecular flexibility index (Phi) is 7.17. The van der Waals surface area contributed by atoms with E-state index < -0.39 is 11.5 Å². The van der Waals surface area contributed by atoms with Crippen LogP contribution in [0, 0.1) is 5.92 Å². The number of rotatable bonds is 6. The van der Waals surface area contributed by atoms with Crippen LogP contribution in [0.5, 0.6) is 0 Å². The van der Waals surface area contributed by atoms with Crippen molar-refractivity contribution < 1.29 is 14.7 Å². The summed E-state index contributed by atoms with van der Waals surface area (Å²) in [7, 11) is 0. The number of benzene rings is 2. The molecule has 0 unspecified atom stereocenters. The zero-order chi connectivity index (χ0) is 24.1. The highest BCUT2D eigenvalue weighted by Gasteiger charge is 2.48. The summed E-state index contributed by atoms with van der Waals surface area (Å²) in [5.41, 5.74) is 12.0. The van der Waals surface area contributed by atoms with E-state index in [-0.39, 0.29) is 11.8 Å². The van der Waals surface area contributed by atoms with E-state index >= 15 is 0 Å². The first kappa shape index (κ1) is 23.8. The molecule has 8 heteroatoms. The van der Waals surface area contributed by atoms with Crippen molar-refractivity contribution in [2.75, 3.05) is 26.2 Å². The summed E-state index contributed by atoms with van der Waals surface area (Å²) < 4.78 is 0. The van der Waals surface area contributed by atoms with Crippen LogP contribution in [-0.4, -0.2) is 58.9 Å². The van der Waals surface area contributed by atoms with Gasteiger partial charge in [-0.1, -0.05) is 55.3 Å². The molecule has 1 saturated heterocycles. The summed E-state index contributed by atoms with van der Waals surface area (Å²) in [5, 5.41) is 11.8. The Labute approximate surface area is 200 Å². The summed E-state index contributed by atoms with van der Waals surface area (Å²) in [6.07, 6.45) is 3.79. The van der Waals surface area contributed by atoms with Gasteiger partial charge in [0.15, 0.2) is 11.6 Å². The van der Waals surface area contributed by atoms with Crippen LogP contribution >= 0.6 is 0 Å². The molecule has 0 aromatic heterocycles. The predicted octanol–water partition coefficient (Wildman–Crippen LogP) is 1.82. The number of hydrogen-bond acceptors (Lipinski definition) is 4. The zero-order valence-corrected chi connectivity index (χ0v) is 19.4. The van der Waals surface area contributed by atoms with Gasteiger partial charge in [-0.3, -0.25) is 9.59 Å². The van der Waals surface area contributed by atoms with E-state index in [0.29, 0.717) is 49.8 Å². The van der Waals surface area contributed by atoms with Gasteiger partial charge in [-0.2, -0.15) is 0 Å². The molecule has 0 radical (unpaired) electrons. The van der Waals surface area contributed by atoms with Crippen molar-refractivity contribution >= 4 is 17.8 Å². The van der Waals surface area contributed by atoms with Crippen LogP contribution in [-0.2, 0) is 16.9 Å². The Morgan fingerprint density at radius 2 is 1.59 bits per heavy atom. The Morgan fingerprint density at radius 3 is 2.24 bits per heavy atom. The van der Waals surface area contributed by atoms with E-state index in [9.17, 15) is 14.7 Å². The Bertz CT molecular complexity index is 1040. The highest BCUT2D eigenvalue weighted by Crippen LogP contribution is 2.42. The molecule has 2 aromatic rings. The quantitative estimate of drug-likeness (QED) is 0.445. The molecule has 8 nitrogen and oxygen atoms in total. The minimum absolute atomic E-state index is 0.0665. The Balaban J connectivity index is 1.41. The first-order chi connectivity index (χ1) is 16.4. The molecule has 2 fully saturated rings. The van der Waals surface area contributed by atoms with Gasteiger partial charge in [-0.05, 0) is 36.1 Å². The zero-order valence-electron chi connectivity index (χ0n) is 19.4. The monoisotopic (exact) mass is 463 g/mol. The highest BCUT2D eigenvalue weighted by atomic mass is 16.3. The standard InChI is InChI=1S/C26H33N5O3/c27-23(32)20-8-6-7-19(17-20)18-29-25(28)31-15-13-30(14-16-31)24(33)26(34,22-11-4-5-12-22)21-9-2-1-3-10-21/h1-3,6-10,17,22,34H,4-5,11-16,18H2,(H2,27,32)(H2,28,29)/t26-/m0/s1. The molecular weight excluding hydrogens is 430 g/mol. The van der Waals surface area contributed by atoms with E-state index in [1.165, 1.54) is 0 Å².